The second-order valence-electron chi connectivity index (χ2n) is 11.1. The number of carbonyl (C=O) groups excluding carboxylic acids is 1. The molecule has 0 unspecified atom stereocenters. The zero-order valence-electron chi connectivity index (χ0n) is 24.7. The van der Waals surface area contributed by atoms with Crippen molar-refractivity contribution >= 4 is 50.1 Å². The Bertz CT molecular complexity index is 1880. The Kier molecular flexibility index (Phi) is 8.44. The third-order valence-corrected chi connectivity index (χ3v) is 8.40. The molecule has 0 radical (unpaired) electrons. The van der Waals surface area contributed by atoms with Crippen molar-refractivity contribution < 1.29 is 13.2 Å². The highest BCUT2D eigenvalue weighted by atomic mass is 35.5. The molecule has 4 aromatic rings. The van der Waals surface area contributed by atoms with Crippen molar-refractivity contribution in [2.24, 2.45) is 7.05 Å². The number of benzene rings is 1. The molecule has 0 spiro atoms. The molecule has 2 atom stereocenters. The van der Waals surface area contributed by atoms with Crippen molar-refractivity contribution in [2.75, 3.05) is 29.6 Å². The van der Waals surface area contributed by atoms with E-state index in [0.717, 1.165) is 42.5 Å². The predicted molar refractivity (Wildman–Crippen MR) is 168 cm³/mol. The van der Waals surface area contributed by atoms with Crippen molar-refractivity contribution in [1.82, 2.24) is 24.2 Å². The van der Waals surface area contributed by atoms with E-state index >= 15 is 0 Å². The van der Waals surface area contributed by atoms with Crippen LogP contribution < -0.4 is 20.5 Å². The smallest absolute Gasteiger partial charge is 0.285 e. The number of hydrogen-bond acceptors (Lipinski definition) is 9. The summed E-state index contributed by atoms with van der Waals surface area (Å²) in [5.41, 5.74) is 4.26. The number of piperidine rings is 1. The maximum absolute atomic E-state index is 13.7. The van der Waals surface area contributed by atoms with Crippen LogP contribution in [0.25, 0.3) is 10.9 Å². The van der Waals surface area contributed by atoms with Crippen molar-refractivity contribution in [3.05, 3.63) is 86.2 Å². The van der Waals surface area contributed by atoms with Gasteiger partial charge in [-0.25, -0.2) is 23.1 Å². The van der Waals surface area contributed by atoms with E-state index in [1.54, 1.807) is 17.7 Å². The molecular weight excluding hydrogens is 590 g/mol. The highest BCUT2D eigenvalue weighted by molar-refractivity contribution is 7.89. The van der Waals surface area contributed by atoms with Gasteiger partial charge in [-0.3, -0.25) is 19.1 Å². The van der Waals surface area contributed by atoms with Crippen LogP contribution >= 0.6 is 11.6 Å². The zero-order chi connectivity index (χ0) is 31.1. The van der Waals surface area contributed by atoms with E-state index in [2.05, 4.69) is 26.3 Å². The van der Waals surface area contributed by atoms with Gasteiger partial charge in [-0.2, -0.15) is 0 Å². The molecule has 5 rings (SSSR count). The summed E-state index contributed by atoms with van der Waals surface area (Å²) in [5.74, 6) is -0.0612. The number of nitrogens with one attached hydrogen (secondary N) is 2. The fraction of sp³-hybridized carbons (Fsp3) is 0.367. The van der Waals surface area contributed by atoms with E-state index in [9.17, 15) is 18.0 Å². The number of nitrogens with zero attached hydrogens (tertiary/aromatic N) is 5. The van der Waals surface area contributed by atoms with Crippen LogP contribution in [0, 0.1) is 13.8 Å². The van der Waals surface area contributed by atoms with Crippen LogP contribution in [-0.4, -0.2) is 53.2 Å². The van der Waals surface area contributed by atoms with Crippen LogP contribution in [0.15, 0.2) is 47.4 Å². The number of aryl methyl sites for hydroxylation is 2. The number of anilines is 2. The molecule has 11 nitrogen and oxygen atoms in total. The van der Waals surface area contributed by atoms with Gasteiger partial charge in [0.15, 0.2) is 5.69 Å². The molecule has 13 heteroatoms. The summed E-state index contributed by atoms with van der Waals surface area (Å²) in [6, 6.07) is 10.5. The number of sulfonamides is 1. The summed E-state index contributed by atoms with van der Waals surface area (Å²) < 4.78 is 27.0. The number of hydrogen-bond donors (Lipinski definition) is 2. The van der Waals surface area contributed by atoms with Crippen LogP contribution in [0.5, 0.6) is 0 Å². The van der Waals surface area contributed by atoms with Crippen LogP contribution in [0.4, 0.5) is 11.6 Å². The molecule has 0 aliphatic carbocycles. The monoisotopic (exact) mass is 623 g/mol. The Labute approximate surface area is 255 Å². The molecular formula is C30H34ClN7O4S. The van der Waals surface area contributed by atoms with Gasteiger partial charge in [-0.15, -0.1) is 0 Å². The molecule has 0 saturated carbocycles. The highest BCUT2D eigenvalue weighted by Gasteiger charge is 2.26. The summed E-state index contributed by atoms with van der Waals surface area (Å²) in [7, 11) is -2.08. The fourth-order valence-electron chi connectivity index (χ4n) is 5.56. The van der Waals surface area contributed by atoms with E-state index in [4.69, 9.17) is 16.6 Å². The summed E-state index contributed by atoms with van der Waals surface area (Å²) in [4.78, 5) is 42.2. The van der Waals surface area contributed by atoms with Gasteiger partial charge in [0.05, 0.1) is 28.9 Å². The molecule has 1 saturated heterocycles. The Balaban J connectivity index is 1.53. The first-order valence-corrected chi connectivity index (χ1v) is 16.2. The molecule has 2 N–H and O–H groups in total. The Morgan fingerprint density at radius 2 is 1.91 bits per heavy atom. The molecule has 4 heterocycles. The van der Waals surface area contributed by atoms with Gasteiger partial charge in [0.25, 0.3) is 11.5 Å². The van der Waals surface area contributed by atoms with Gasteiger partial charge in [-0.05, 0) is 69.0 Å². The minimum Gasteiger partial charge on any atom is -0.377 e. The minimum atomic E-state index is -3.83. The quantitative estimate of drug-likeness (QED) is 0.289. The van der Waals surface area contributed by atoms with Gasteiger partial charge >= 0.3 is 0 Å². The van der Waals surface area contributed by atoms with E-state index in [1.165, 1.54) is 11.6 Å². The van der Waals surface area contributed by atoms with Crippen LogP contribution in [0.2, 0.25) is 5.15 Å². The lowest BCUT2D eigenvalue weighted by molar-refractivity contribution is 0.0977. The third-order valence-electron chi connectivity index (χ3n) is 7.63. The second kappa shape index (κ2) is 11.9. The standard InChI is InChI=1S/C30H34ClN7O4S/c1-17-13-22(19(3)33-24-10-11-25(31)34-27(24)28(39)36-43(5,41)42)26-23(14-17)29(40)37(4)30(35-26)38-12-6-7-21(16-38)20-9-8-18(2)32-15-20/h8-11,13-15,19,21,33H,6-7,12,16H2,1-5H3,(H,36,39)/t19-,21+/m1/s1. The van der Waals surface area contributed by atoms with Gasteiger partial charge in [0.2, 0.25) is 16.0 Å². The van der Waals surface area contributed by atoms with Gasteiger partial charge in [0, 0.05) is 43.5 Å². The second-order valence-corrected chi connectivity index (χ2v) is 13.3. The molecule has 1 aliphatic heterocycles. The lowest BCUT2D eigenvalue weighted by atomic mass is 9.91. The van der Waals surface area contributed by atoms with Crippen molar-refractivity contribution in [1.29, 1.82) is 0 Å². The highest BCUT2D eigenvalue weighted by Crippen LogP contribution is 2.32. The number of carbonyl (C=O) groups is 1. The average molecular weight is 624 g/mol. The summed E-state index contributed by atoms with van der Waals surface area (Å²) in [5, 5.41) is 3.78. The average Bonchev–Trinajstić information content (AvgIpc) is 2.95. The number of pyridine rings is 2. The van der Waals surface area contributed by atoms with Gasteiger partial charge in [-0.1, -0.05) is 23.7 Å². The first-order chi connectivity index (χ1) is 20.3. The predicted octanol–water partition coefficient (Wildman–Crippen LogP) is 4.24. The molecule has 0 bridgehead atoms. The first-order valence-electron chi connectivity index (χ1n) is 13.9. The van der Waals surface area contributed by atoms with Gasteiger partial charge in [0.1, 0.15) is 5.15 Å². The Morgan fingerprint density at radius 3 is 2.60 bits per heavy atom. The topological polar surface area (TPSA) is 139 Å². The van der Waals surface area contributed by atoms with E-state index in [1.807, 2.05) is 49.9 Å². The lowest BCUT2D eigenvalue weighted by Gasteiger charge is -2.34. The largest absolute Gasteiger partial charge is 0.377 e. The SMILES string of the molecule is Cc1cc([C@@H](C)Nc2ccc(Cl)nc2C(=O)NS(C)(=O)=O)c2nc(N3CCC[C@H](c4ccc(C)nc4)C3)n(C)c(=O)c2c1. The summed E-state index contributed by atoms with van der Waals surface area (Å²) in [6.45, 7) is 7.23. The Morgan fingerprint density at radius 1 is 1.14 bits per heavy atom. The number of fused-ring (bicyclic) bond motifs is 1. The van der Waals surface area contributed by atoms with Crippen LogP contribution in [-0.2, 0) is 17.1 Å². The third kappa shape index (κ3) is 6.65. The van der Waals surface area contributed by atoms with Crippen LogP contribution in [0.1, 0.15) is 64.6 Å². The summed E-state index contributed by atoms with van der Waals surface area (Å²) in [6.07, 6.45) is 4.79. The molecule has 1 aromatic carbocycles. The number of halogens is 1. The first kappa shape index (κ1) is 30.4. The zero-order valence-corrected chi connectivity index (χ0v) is 26.3. The Hall–Kier alpha value is -4.03. The van der Waals surface area contributed by atoms with E-state index in [0.29, 0.717) is 23.4 Å². The van der Waals surface area contributed by atoms with Gasteiger partial charge < -0.3 is 10.2 Å². The summed E-state index contributed by atoms with van der Waals surface area (Å²) >= 11 is 6.04. The van der Waals surface area contributed by atoms with Crippen molar-refractivity contribution in [2.45, 2.75) is 45.6 Å². The van der Waals surface area contributed by atoms with E-state index in [-0.39, 0.29) is 28.0 Å². The molecule has 3 aromatic heterocycles. The van der Waals surface area contributed by atoms with Crippen LogP contribution in [0.3, 0.4) is 0 Å². The number of aromatic nitrogens is 4. The lowest BCUT2D eigenvalue weighted by Crippen LogP contribution is -2.39. The number of rotatable bonds is 7. The molecule has 1 fully saturated rings. The fourth-order valence-corrected chi connectivity index (χ4v) is 6.14. The molecule has 226 valence electrons. The van der Waals surface area contributed by atoms with E-state index < -0.39 is 22.0 Å². The maximum atomic E-state index is 13.7. The molecule has 1 aliphatic rings. The normalized spacial score (nSPS) is 16.2. The molecule has 1 amide bonds. The maximum Gasteiger partial charge on any atom is 0.285 e. The number of amides is 1. The molecule has 43 heavy (non-hydrogen) atoms. The van der Waals surface area contributed by atoms with Crippen molar-refractivity contribution in [3.8, 4) is 0 Å². The minimum absolute atomic E-state index is 0.0360. The van der Waals surface area contributed by atoms with Crippen molar-refractivity contribution in [3.63, 3.8) is 0 Å².